The van der Waals surface area contributed by atoms with Crippen molar-refractivity contribution in [1.82, 2.24) is 9.88 Å². The van der Waals surface area contributed by atoms with Gasteiger partial charge in [-0.15, -0.1) is 0 Å². The smallest absolute Gasteiger partial charge is 0.226 e. The first-order chi connectivity index (χ1) is 15.1. The van der Waals surface area contributed by atoms with Crippen molar-refractivity contribution < 1.29 is 18.7 Å². The van der Waals surface area contributed by atoms with Crippen LogP contribution in [0.3, 0.4) is 0 Å². The fourth-order valence-electron chi connectivity index (χ4n) is 4.61. The number of carbonyl (C=O) groups excluding carboxylic acids is 1. The molecule has 1 aliphatic heterocycles. The molecule has 0 radical (unpaired) electrons. The Bertz CT molecular complexity index is 1260. The van der Waals surface area contributed by atoms with Gasteiger partial charge in [0, 0.05) is 29.4 Å². The minimum atomic E-state index is -0.169. The highest BCUT2D eigenvalue weighted by atomic mass is 16.5. The van der Waals surface area contributed by atoms with Crippen molar-refractivity contribution in [1.29, 1.82) is 0 Å². The molecule has 4 aromatic rings. The molecule has 3 heterocycles. The van der Waals surface area contributed by atoms with Crippen molar-refractivity contribution in [3.05, 3.63) is 65.9 Å². The molecule has 0 spiro atoms. The molecule has 2 unspecified atom stereocenters. The molecular weight excluding hydrogens is 392 g/mol. The summed E-state index contributed by atoms with van der Waals surface area (Å²) in [4.78, 5) is 19.4. The third-order valence-electron chi connectivity index (χ3n) is 6.11. The van der Waals surface area contributed by atoms with Crippen LogP contribution in [0.2, 0.25) is 0 Å². The predicted octanol–water partition coefficient (Wildman–Crippen LogP) is 5.11. The van der Waals surface area contributed by atoms with Crippen molar-refractivity contribution in [2.24, 2.45) is 5.92 Å². The topological polar surface area (TPSA) is 64.8 Å². The van der Waals surface area contributed by atoms with E-state index in [0.29, 0.717) is 24.6 Å². The second-order valence-electron chi connectivity index (χ2n) is 7.98. The van der Waals surface area contributed by atoms with Gasteiger partial charge in [-0.2, -0.15) is 0 Å². The Morgan fingerprint density at radius 2 is 1.87 bits per heavy atom. The third kappa shape index (κ3) is 3.19. The van der Waals surface area contributed by atoms with Crippen LogP contribution >= 0.6 is 0 Å². The number of carbonyl (C=O) groups is 1. The number of rotatable bonds is 5. The molecule has 2 atom stereocenters. The maximum absolute atomic E-state index is 13.1. The number of methoxy groups -OCH3 is 2. The van der Waals surface area contributed by atoms with Gasteiger partial charge in [0.2, 0.25) is 11.8 Å². The highest BCUT2D eigenvalue weighted by Crippen LogP contribution is 2.44. The summed E-state index contributed by atoms with van der Waals surface area (Å²) in [6.07, 6.45) is 2.35. The molecule has 5 rings (SSSR count). The number of benzene rings is 2. The number of furan rings is 1. The number of hydrogen-bond acceptors (Lipinski definition) is 5. The zero-order valence-electron chi connectivity index (χ0n) is 17.8. The summed E-state index contributed by atoms with van der Waals surface area (Å²) in [6, 6.07) is 15.8. The zero-order valence-corrected chi connectivity index (χ0v) is 17.8. The SMILES string of the molecule is COc1ccnc(OC)c1C1CC(C)C(=O)N1Cc1ccc2oc3ccccc3c2c1. The lowest BCUT2D eigenvalue weighted by molar-refractivity contribution is -0.132. The average Bonchev–Trinajstić information content (AvgIpc) is 3.30. The molecule has 1 fully saturated rings. The maximum Gasteiger partial charge on any atom is 0.226 e. The quantitative estimate of drug-likeness (QED) is 0.452. The van der Waals surface area contributed by atoms with E-state index in [4.69, 9.17) is 13.9 Å². The first-order valence-electron chi connectivity index (χ1n) is 10.4. The molecule has 158 valence electrons. The molecule has 1 aliphatic rings. The van der Waals surface area contributed by atoms with Gasteiger partial charge < -0.3 is 18.8 Å². The second-order valence-corrected chi connectivity index (χ2v) is 7.98. The molecule has 1 amide bonds. The molecule has 0 N–H and O–H groups in total. The van der Waals surface area contributed by atoms with Crippen molar-refractivity contribution in [3.8, 4) is 11.6 Å². The average molecular weight is 416 g/mol. The summed E-state index contributed by atoms with van der Waals surface area (Å²) >= 11 is 0. The van der Waals surface area contributed by atoms with Gasteiger partial charge in [0.05, 0.1) is 25.8 Å². The van der Waals surface area contributed by atoms with Crippen molar-refractivity contribution >= 4 is 27.8 Å². The number of likely N-dealkylation sites (tertiary alicyclic amines) is 1. The van der Waals surface area contributed by atoms with E-state index in [-0.39, 0.29) is 17.9 Å². The zero-order chi connectivity index (χ0) is 21.5. The van der Waals surface area contributed by atoms with Crippen LogP contribution in [-0.2, 0) is 11.3 Å². The van der Waals surface area contributed by atoms with E-state index in [0.717, 1.165) is 33.1 Å². The van der Waals surface area contributed by atoms with Crippen molar-refractivity contribution in [3.63, 3.8) is 0 Å². The minimum Gasteiger partial charge on any atom is -0.496 e. The van der Waals surface area contributed by atoms with Crippen LogP contribution in [0, 0.1) is 5.92 Å². The van der Waals surface area contributed by atoms with Crippen LogP contribution in [0.25, 0.3) is 21.9 Å². The lowest BCUT2D eigenvalue weighted by Crippen LogP contribution is -2.29. The lowest BCUT2D eigenvalue weighted by Gasteiger charge is -2.27. The van der Waals surface area contributed by atoms with Gasteiger partial charge in [-0.05, 0) is 36.2 Å². The Labute approximate surface area is 180 Å². The fraction of sp³-hybridized carbons (Fsp3) is 0.280. The van der Waals surface area contributed by atoms with Gasteiger partial charge in [0.25, 0.3) is 0 Å². The second kappa shape index (κ2) is 7.61. The number of pyridine rings is 1. The number of para-hydroxylation sites is 1. The summed E-state index contributed by atoms with van der Waals surface area (Å²) < 4.78 is 17.1. The van der Waals surface area contributed by atoms with E-state index in [1.165, 1.54) is 0 Å². The van der Waals surface area contributed by atoms with Gasteiger partial charge in [0.1, 0.15) is 16.9 Å². The summed E-state index contributed by atoms with van der Waals surface area (Å²) in [5.41, 5.74) is 3.58. The monoisotopic (exact) mass is 416 g/mol. The van der Waals surface area contributed by atoms with Crippen LogP contribution < -0.4 is 9.47 Å². The molecular formula is C25H24N2O4. The van der Waals surface area contributed by atoms with Crippen LogP contribution in [0.5, 0.6) is 11.6 Å². The van der Waals surface area contributed by atoms with E-state index < -0.39 is 0 Å². The van der Waals surface area contributed by atoms with Crippen molar-refractivity contribution in [2.45, 2.75) is 25.9 Å². The number of fused-ring (bicyclic) bond motifs is 3. The van der Waals surface area contributed by atoms with Crippen molar-refractivity contribution in [2.75, 3.05) is 14.2 Å². The van der Waals surface area contributed by atoms with E-state index in [1.807, 2.05) is 48.2 Å². The third-order valence-corrected chi connectivity index (χ3v) is 6.11. The van der Waals surface area contributed by atoms with Crippen LogP contribution in [-0.4, -0.2) is 30.0 Å². The maximum atomic E-state index is 13.1. The molecule has 2 aromatic carbocycles. The van der Waals surface area contributed by atoms with Gasteiger partial charge >= 0.3 is 0 Å². The number of hydrogen-bond donors (Lipinski definition) is 0. The lowest BCUT2D eigenvalue weighted by atomic mass is 10.0. The van der Waals surface area contributed by atoms with Crippen LogP contribution in [0.1, 0.15) is 30.5 Å². The van der Waals surface area contributed by atoms with Crippen LogP contribution in [0.15, 0.2) is 59.1 Å². The predicted molar refractivity (Wildman–Crippen MR) is 118 cm³/mol. The summed E-state index contributed by atoms with van der Waals surface area (Å²) in [7, 11) is 3.22. The molecule has 1 saturated heterocycles. The normalized spacial score (nSPS) is 18.8. The van der Waals surface area contributed by atoms with Gasteiger partial charge in [-0.1, -0.05) is 31.2 Å². The summed E-state index contributed by atoms with van der Waals surface area (Å²) in [5, 5.41) is 2.13. The molecule has 6 heteroatoms. The summed E-state index contributed by atoms with van der Waals surface area (Å²) in [5.74, 6) is 1.21. The van der Waals surface area contributed by atoms with Crippen LogP contribution in [0.4, 0.5) is 0 Å². The van der Waals surface area contributed by atoms with E-state index in [2.05, 4.69) is 17.1 Å². The Morgan fingerprint density at radius 3 is 2.68 bits per heavy atom. The highest BCUT2D eigenvalue weighted by Gasteiger charge is 2.40. The molecule has 6 nitrogen and oxygen atoms in total. The van der Waals surface area contributed by atoms with Gasteiger partial charge in [0.15, 0.2) is 0 Å². The highest BCUT2D eigenvalue weighted by molar-refractivity contribution is 6.05. The minimum absolute atomic E-state index is 0.0851. The number of aromatic nitrogens is 1. The number of nitrogens with zero attached hydrogens (tertiary/aromatic N) is 2. The Kier molecular flexibility index (Phi) is 4.77. The Hall–Kier alpha value is -3.54. The summed E-state index contributed by atoms with van der Waals surface area (Å²) in [6.45, 7) is 2.46. The Balaban J connectivity index is 1.56. The largest absolute Gasteiger partial charge is 0.496 e. The Morgan fingerprint density at radius 1 is 1.06 bits per heavy atom. The standard InChI is InChI=1S/C25H24N2O4/c1-15-12-19(23-22(29-2)10-11-26-24(23)30-3)27(25(15)28)14-16-8-9-21-18(13-16)17-6-4-5-7-20(17)31-21/h4-11,13,15,19H,12,14H2,1-3H3. The molecule has 31 heavy (non-hydrogen) atoms. The van der Waals surface area contributed by atoms with E-state index >= 15 is 0 Å². The molecule has 0 saturated carbocycles. The van der Waals surface area contributed by atoms with E-state index in [9.17, 15) is 4.79 Å². The molecule has 0 aliphatic carbocycles. The van der Waals surface area contributed by atoms with Gasteiger partial charge in [-0.3, -0.25) is 4.79 Å². The van der Waals surface area contributed by atoms with Gasteiger partial charge in [-0.25, -0.2) is 4.98 Å². The van der Waals surface area contributed by atoms with E-state index in [1.54, 1.807) is 20.4 Å². The first kappa shape index (κ1) is 19.4. The fourth-order valence-corrected chi connectivity index (χ4v) is 4.61. The number of ether oxygens (including phenoxy) is 2. The molecule has 2 aromatic heterocycles. The molecule has 0 bridgehead atoms. The first-order valence-corrected chi connectivity index (χ1v) is 10.4. The number of amides is 1.